The number of halogens is 2. The molecule has 4 nitrogen and oxygen atoms in total. The number of nitrogens with one attached hydrogen (secondary N) is 1. The van der Waals surface area contributed by atoms with Gasteiger partial charge in [-0.1, -0.05) is 18.2 Å². The number of benzene rings is 2. The van der Waals surface area contributed by atoms with E-state index in [0.29, 0.717) is 11.6 Å². The van der Waals surface area contributed by atoms with E-state index >= 15 is 8.78 Å². The number of nitrogens with zero attached hydrogens (tertiary/aromatic N) is 1. The molecule has 0 radical (unpaired) electrons. The van der Waals surface area contributed by atoms with Crippen molar-refractivity contribution < 1.29 is 19.7 Å². The second-order valence-electron chi connectivity index (χ2n) is 9.71. The lowest BCUT2D eigenvalue weighted by Gasteiger charge is -2.70. The van der Waals surface area contributed by atoms with Crippen LogP contribution in [0.15, 0.2) is 42.5 Å². The normalized spacial score (nSPS) is 31.1. The number of hydrogen-bond acceptors (Lipinski definition) is 3. The first-order valence-corrected chi connectivity index (χ1v) is 11.4. The molecule has 2 aromatic carbocycles. The average Bonchev–Trinajstić information content (AvgIpc) is 3.11. The van der Waals surface area contributed by atoms with E-state index in [2.05, 4.69) is 21.5 Å². The molecule has 3 aliphatic carbocycles. The zero-order valence-corrected chi connectivity index (χ0v) is 18.6. The molecular formula is C27H26F2N2O2. The summed E-state index contributed by atoms with van der Waals surface area (Å²) >= 11 is 0. The van der Waals surface area contributed by atoms with Gasteiger partial charge in [0, 0.05) is 39.8 Å². The topological polar surface area (TPSA) is 45.3 Å². The molecule has 4 aliphatic rings. The summed E-state index contributed by atoms with van der Waals surface area (Å²) in [5.74, 6) is -1.55. The van der Waals surface area contributed by atoms with Gasteiger partial charge >= 0.3 is 5.97 Å². The number of carbonyl (C=O) groups excluding carboxylic acids is 1. The highest BCUT2D eigenvalue weighted by atomic mass is 19.1. The SMILES string of the molecule is [2H][C@@]1(c2c(F)cc(/C=C/C(=O)OC)cc2F)c2[nH]c3ccccc3c2C[C@@H](C)N1C12CC(C1)C2. The fourth-order valence-corrected chi connectivity index (χ4v) is 6.17. The molecule has 3 aromatic rings. The molecule has 7 rings (SSSR count). The zero-order valence-electron chi connectivity index (χ0n) is 19.6. The van der Waals surface area contributed by atoms with Gasteiger partial charge in [0.1, 0.15) is 11.6 Å². The predicted octanol–water partition coefficient (Wildman–Crippen LogP) is 5.52. The maximum absolute atomic E-state index is 15.8. The summed E-state index contributed by atoms with van der Waals surface area (Å²) in [4.78, 5) is 16.9. The highest BCUT2D eigenvalue weighted by Crippen LogP contribution is 2.64. The molecule has 1 N–H and O–H groups in total. The fraction of sp³-hybridized carbons (Fsp3) is 0.370. The molecule has 2 heterocycles. The number of rotatable bonds is 4. The summed E-state index contributed by atoms with van der Waals surface area (Å²) in [6.07, 6.45) is 6.06. The van der Waals surface area contributed by atoms with Crippen LogP contribution >= 0.6 is 0 Å². The predicted molar refractivity (Wildman–Crippen MR) is 123 cm³/mol. The van der Waals surface area contributed by atoms with Crippen LogP contribution in [-0.2, 0) is 16.0 Å². The van der Waals surface area contributed by atoms with Crippen LogP contribution < -0.4 is 0 Å². The van der Waals surface area contributed by atoms with E-state index in [1.807, 2.05) is 24.3 Å². The first kappa shape index (κ1) is 19.5. The Morgan fingerprint density at radius 3 is 2.58 bits per heavy atom. The Labute approximate surface area is 192 Å². The lowest BCUT2D eigenvalue weighted by atomic mass is 9.48. The standard InChI is InChI=1S/C27H26F2N2O2/c1-15-9-19-18-5-3-4-6-22(18)30-25(19)26(31(15)27-12-17(13-27)14-27)24-20(28)10-16(11-21(24)29)7-8-23(32)33-2/h3-8,10-11,15,17,26,30H,9,12-14H2,1-2H3/b8-7+/t15-,17?,26-,27?/m1/s1/i26D. The number of aromatic nitrogens is 1. The van der Waals surface area contributed by atoms with Crippen LogP contribution in [-0.4, -0.2) is 34.5 Å². The number of aromatic amines is 1. The van der Waals surface area contributed by atoms with E-state index in [1.165, 1.54) is 25.3 Å². The number of H-pyrrole nitrogens is 1. The molecule has 0 unspecified atom stereocenters. The maximum Gasteiger partial charge on any atom is 0.330 e. The van der Waals surface area contributed by atoms with Crippen molar-refractivity contribution in [1.82, 2.24) is 9.88 Å². The highest BCUT2D eigenvalue weighted by Gasteiger charge is 2.63. The Bertz CT molecular complexity index is 1330. The number of esters is 1. The summed E-state index contributed by atoms with van der Waals surface area (Å²) in [7, 11) is 1.24. The van der Waals surface area contributed by atoms with Crippen molar-refractivity contribution in [2.24, 2.45) is 5.92 Å². The van der Waals surface area contributed by atoms with Gasteiger partial charge in [0.15, 0.2) is 0 Å². The Balaban J connectivity index is 1.57. The second-order valence-corrected chi connectivity index (χ2v) is 9.71. The molecule has 2 bridgehead atoms. The monoisotopic (exact) mass is 449 g/mol. The Morgan fingerprint density at radius 1 is 1.24 bits per heavy atom. The third-order valence-electron chi connectivity index (χ3n) is 7.66. The minimum atomic E-state index is -1.74. The summed E-state index contributed by atoms with van der Waals surface area (Å²) in [5, 5.41) is 0.997. The van der Waals surface area contributed by atoms with Gasteiger partial charge in [0.2, 0.25) is 0 Å². The largest absolute Gasteiger partial charge is 0.466 e. The molecule has 1 aromatic heterocycles. The van der Waals surface area contributed by atoms with Crippen molar-refractivity contribution in [2.75, 3.05) is 7.11 Å². The molecule has 1 aliphatic heterocycles. The van der Waals surface area contributed by atoms with Crippen LogP contribution in [0.2, 0.25) is 0 Å². The Hall–Kier alpha value is -2.99. The quantitative estimate of drug-likeness (QED) is 0.421. The van der Waals surface area contributed by atoms with Crippen molar-refractivity contribution >= 4 is 22.9 Å². The van der Waals surface area contributed by atoms with E-state index in [-0.39, 0.29) is 22.7 Å². The van der Waals surface area contributed by atoms with Gasteiger partial charge in [0.25, 0.3) is 0 Å². The average molecular weight is 450 g/mol. The molecule has 0 saturated heterocycles. The molecule has 3 fully saturated rings. The number of ether oxygens (including phenoxy) is 1. The number of fused-ring (bicyclic) bond motifs is 3. The number of hydrogen-bond donors (Lipinski definition) is 1. The van der Waals surface area contributed by atoms with Crippen molar-refractivity contribution in [3.63, 3.8) is 0 Å². The molecule has 2 atom stereocenters. The maximum atomic E-state index is 15.8. The fourth-order valence-electron chi connectivity index (χ4n) is 6.17. The van der Waals surface area contributed by atoms with Crippen LogP contribution in [0.5, 0.6) is 0 Å². The van der Waals surface area contributed by atoms with E-state index in [0.717, 1.165) is 48.2 Å². The number of carbonyl (C=O) groups is 1. The molecule has 3 saturated carbocycles. The molecular weight excluding hydrogens is 422 g/mol. The summed E-state index contributed by atoms with van der Waals surface area (Å²) < 4.78 is 46.0. The van der Waals surface area contributed by atoms with Crippen LogP contribution in [0.1, 0.15) is 56.0 Å². The Morgan fingerprint density at radius 2 is 1.94 bits per heavy atom. The summed E-state index contributed by atoms with van der Waals surface area (Å²) in [6.45, 7) is 2.07. The van der Waals surface area contributed by atoms with Gasteiger partial charge in [-0.2, -0.15) is 0 Å². The van der Waals surface area contributed by atoms with Crippen molar-refractivity contribution in [1.29, 1.82) is 0 Å². The van der Waals surface area contributed by atoms with Crippen LogP contribution in [0, 0.1) is 17.6 Å². The van der Waals surface area contributed by atoms with E-state index in [1.54, 1.807) is 0 Å². The lowest BCUT2D eigenvalue weighted by molar-refractivity contribution is -0.174. The second kappa shape index (κ2) is 7.26. The van der Waals surface area contributed by atoms with Gasteiger partial charge in [0.05, 0.1) is 14.5 Å². The van der Waals surface area contributed by atoms with E-state index in [9.17, 15) is 6.17 Å². The molecule has 33 heavy (non-hydrogen) atoms. The molecule has 6 heteroatoms. The third-order valence-corrected chi connectivity index (χ3v) is 7.66. The van der Waals surface area contributed by atoms with E-state index in [4.69, 9.17) is 0 Å². The van der Waals surface area contributed by atoms with E-state index < -0.39 is 23.6 Å². The minimum absolute atomic E-state index is 0.0526. The smallest absolute Gasteiger partial charge is 0.330 e. The molecule has 0 spiro atoms. The van der Waals surface area contributed by atoms with Gasteiger partial charge in [-0.3, -0.25) is 4.90 Å². The van der Waals surface area contributed by atoms with Gasteiger partial charge in [-0.25, -0.2) is 13.6 Å². The Kier molecular flexibility index (Phi) is 4.28. The van der Waals surface area contributed by atoms with Crippen molar-refractivity contribution in [2.45, 2.75) is 50.2 Å². The molecule has 170 valence electrons. The minimum Gasteiger partial charge on any atom is -0.466 e. The van der Waals surface area contributed by atoms with Crippen molar-refractivity contribution in [3.05, 3.63) is 76.5 Å². The summed E-state index contributed by atoms with van der Waals surface area (Å²) in [6, 6.07) is 8.40. The zero-order chi connectivity index (χ0) is 23.8. The summed E-state index contributed by atoms with van der Waals surface area (Å²) in [5.41, 5.74) is 2.11. The van der Waals surface area contributed by atoms with Crippen LogP contribution in [0.3, 0.4) is 0 Å². The number of para-hydroxylation sites is 1. The highest BCUT2D eigenvalue weighted by molar-refractivity contribution is 5.87. The molecule has 0 amide bonds. The van der Waals surface area contributed by atoms with Crippen LogP contribution in [0.4, 0.5) is 8.78 Å². The first-order valence-electron chi connectivity index (χ1n) is 11.9. The van der Waals surface area contributed by atoms with Gasteiger partial charge in [-0.05, 0) is 73.9 Å². The van der Waals surface area contributed by atoms with Gasteiger partial charge in [-0.15, -0.1) is 0 Å². The first-order chi connectivity index (χ1) is 16.3. The van der Waals surface area contributed by atoms with Crippen LogP contribution in [0.25, 0.3) is 17.0 Å². The van der Waals surface area contributed by atoms with Crippen molar-refractivity contribution in [3.8, 4) is 0 Å². The lowest BCUT2D eigenvalue weighted by Crippen LogP contribution is -2.71. The number of methoxy groups -OCH3 is 1. The third kappa shape index (κ3) is 3.00. The van der Waals surface area contributed by atoms with Gasteiger partial charge < -0.3 is 9.72 Å².